The molecular formula is C9H9BrN2. The highest BCUT2D eigenvalue weighted by Crippen LogP contribution is 2.20. The number of hydrogen-bond donors (Lipinski definition) is 1. The molecule has 0 atom stereocenters. The van der Waals surface area contributed by atoms with E-state index in [0.29, 0.717) is 0 Å². The zero-order valence-corrected chi connectivity index (χ0v) is 8.35. The van der Waals surface area contributed by atoms with E-state index in [4.69, 9.17) is 0 Å². The molecule has 0 amide bonds. The van der Waals surface area contributed by atoms with Crippen LogP contribution in [0.5, 0.6) is 0 Å². The van der Waals surface area contributed by atoms with Gasteiger partial charge in [-0.3, -0.25) is 0 Å². The van der Waals surface area contributed by atoms with Gasteiger partial charge in [0.25, 0.3) is 0 Å². The van der Waals surface area contributed by atoms with Crippen molar-refractivity contribution in [1.29, 1.82) is 0 Å². The van der Waals surface area contributed by atoms with E-state index in [-0.39, 0.29) is 0 Å². The summed E-state index contributed by atoms with van der Waals surface area (Å²) in [6.07, 6.45) is 4.86. The summed E-state index contributed by atoms with van der Waals surface area (Å²) < 4.78 is 1.03. The van der Waals surface area contributed by atoms with Crippen LogP contribution >= 0.6 is 15.9 Å². The van der Waals surface area contributed by atoms with Crippen LogP contribution < -0.4 is 0 Å². The summed E-state index contributed by atoms with van der Waals surface area (Å²) in [6, 6.07) is 2.09. The molecule has 12 heavy (non-hydrogen) atoms. The maximum Gasteiger partial charge on any atom is 0.137 e. The van der Waals surface area contributed by atoms with Gasteiger partial charge in [0, 0.05) is 22.3 Å². The van der Waals surface area contributed by atoms with E-state index in [1.54, 1.807) is 6.20 Å². The molecule has 0 bridgehead atoms. The molecule has 2 aromatic rings. The van der Waals surface area contributed by atoms with Crippen molar-refractivity contribution in [1.82, 2.24) is 9.97 Å². The fourth-order valence-corrected chi connectivity index (χ4v) is 1.66. The van der Waals surface area contributed by atoms with E-state index in [9.17, 15) is 0 Å². The van der Waals surface area contributed by atoms with Gasteiger partial charge in [0.1, 0.15) is 5.65 Å². The highest BCUT2D eigenvalue weighted by molar-refractivity contribution is 9.10. The summed E-state index contributed by atoms with van der Waals surface area (Å²) in [4.78, 5) is 7.38. The summed E-state index contributed by atoms with van der Waals surface area (Å²) in [5.74, 6) is 0. The highest BCUT2D eigenvalue weighted by atomic mass is 79.9. The minimum absolute atomic E-state index is 0.968. The highest BCUT2D eigenvalue weighted by Gasteiger charge is 2.02. The number of aromatic amines is 1. The smallest absolute Gasteiger partial charge is 0.137 e. The van der Waals surface area contributed by atoms with Crippen LogP contribution in [0.2, 0.25) is 0 Å². The zero-order chi connectivity index (χ0) is 8.55. The van der Waals surface area contributed by atoms with E-state index in [1.807, 2.05) is 6.20 Å². The summed E-state index contributed by atoms with van der Waals surface area (Å²) in [7, 11) is 0. The number of aryl methyl sites for hydroxylation is 1. The van der Waals surface area contributed by atoms with Gasteiger partial charge in [0.05, 0.1) is 0 Å². The Kier molecular flexibility index (Phi) is 1.89. The number of halogens is 1. The van der Waals surface area contributed by atoms with Crippen molar-refractivity contribution >= 4 is 27.0 Å². The molecular weight excluding hydrogens is 216 g/mol. The van der Waals surface area contributed by atoms with Crippen molar-refractivity contribution < 1.29 is 0 Å². The number of H-pyrrole nitrogens is 1. The first kappa shape index (κ1) is 7.80. The Labute approximate surface area is 79.1 Å². The Balaban J connectivity index is 2.75. The first-order chi connectivity index (χ1) is 5.81. The Morgan fingerprint density at radius 1 is 1.58 bits per heavy atom. The quantitative estimate of drug-likeness (QED) is 0.794. The number of nitrogens with zero attached hydrogens (tertiary/aromatic N) is 1. The second-order valence-electron chi connectivity index (χ2n) is 2.72. The van der Waals surface area contributed by atoms with E-state index < -0.39 is 0 Å². The van der Waals surface area contributed by atoms with Crippen molar-refractivity contribution in [3.05, 3.63) is 28.5 Å². The molecule has 2 nitrogen and oxygen atoms in total. The molecule has 0 saturated carbocycles. The molecule has 2 rings (SSSR count). The number of pyridine rings is 1. The molecule has 0 aliphatic carbocycles. The molecule has 0 spiro atoms. The lowest BCUT2D eigenvalue weighted by molar-refractivity contribution is 1.15. The molecule has 0 aromatic carbocycles. The minimum atomic E-state index is 0.968. The molecule has 62 valence electrons. The fourth-order valence-electron chi connectivity index (χ4n) is 1.32. The van der Waals surface area contributed by atoms with Gasteiger partial charge in [-0.1, -0.05) is 6.92 Å². The van der Waals surface area contributed by atoms with Gasteiger partial charge in [0.15, 0.2) is 0 Å². The summed E-state index contributed by atoms with van der Waals surface area (Å²) in [6.45, 7) is 2.14. The van der Waals surface area contributed by atoms with Crippen molar-refractivity contribution in [2.24, 2.45) is 0 Å². The number of nitrogens with one attached hydrogen (secondary N) is 1. The van der Waals surface area contributed by atoms with Crippen LogP contribution in [0.3, 0.4) is 0 Å². The van der Waals surface area contributed by atoms with Crippen LogP contribution in [0.25, 0.3) is 11.0 Å². The summed E-state index contributed by atoms with van der Waals surface area (Å²) in [5.41, 5.74) is 2.29. The van der Waals surface area contributed by atoms with Gasteiger partial charge in [-0.15, -0.1) is 0 Å². The molecule has 0 fully saturated rings. The van der Waals surface area contributed by atoms with Crippen molar-refractivity contribution in [3.63, 3.8) is 0 Å². The van der Waals surface area contributed by atoms with Crippen molar-refractivity contribution in [2.45, 2.75) is 13.3 Å². The average Bonchev–Trinajstić information content (AvgIpc) is 2.46. The second kappa shape index (κ2) is 2.90. The number of fused-ring (bicyclic) bond motifs is 1. The Bertz CT molecular complexity index is 406. The lowest BCUT2D eigenvalue weighted by Gasteiger charge is -1.93. The minimum Gasteiger partial charge on any atom is -0.346 e. The number of hydrogen-bond acceptors (Lipinski definition) is 1. The standard InChI is InChI=1S/C9H9BrN2/c1-2-6-4-11-9-8(6)3-7(10)5-12-9/h3-5H,2H2,1H3,(H,11,12). The lowest BCUT2D eigenvalue weighted by atomic mass is 10.2. The maximum absolute atomic E-state index is 4.25. The predicted molar refractivity (Wildman–Crippen MR) is 53.2 cm³/mol. The normalized spacial score (nSPS) is 10.8. The Hall–Kier alpha value is -0.830. The number of rotatable bonds is 1. The monoisotopic (exact) mass is 224 g/mol. The van der Waals surface area contributed by atoms with Gasteiger partial charge in [-0.05, 0) is 34.0 Å². The zero-order valence-electron chi connectivity index (χ0n) is 6.76. The Morgan fingerprint density at radius 2 is 2.42 bits per heavy atom. The molecule has 2 aromatic heterocycles. The third-order valence-corrected chi connectivity index (χ3v) is 2.40. The number of aromatic nitrogens is 2. The first-order valence-electron chi connectivity index (χ1n) is 3.92. The van der Waals surface area contributed by atoms with Gasteiger partial charge in [-0.2, -0.15) is 0 Å². The molecule has 0 aliphatic heterocycles. The van der Waals surface area contributed by atoms with Crippen LogP contribution in [-0.4, -0.2) is 9.97 Å². The fraction of sp³-hybridized carbons (Fsp3) is 0.222. The molecule has 0 unspecified atom stereocenters. The van der Waals surface area contributed by atoms with E-state index in [2.05, 4.69) is 38.9 Å². The van der Waals surface area contributed by atoms with Gasteiger partial charge in [-0.25, -0.2) is 4.98 Å². The Morgan fingerprint density at radius 3 is 3.17 bits per heavy atom. The molecule has 1 N–H and O–H groups in total. The molecule has 0 radical (unpaired) electrons. The molecule has 2 heterocycles. The van der Waals surface area contributed by atoms with Crippen molar-refractivity contribution in [3.8, 4) is 0 Å². The summed E-state index contributed by atoms with van der Waals surface area (Å²) in [5, 5.41) is 1.21. The third-order valence-electron chi connectivity index (χ3n) is 1.96. The molecule has 0 saturated heterocycles. The van der Waals surface area contributed by atoms with E-state index in [1.165, 1.54) is 10.9 Å². The van der Waals surface area contributed by atoms with Crippen LogP contribution in [0.1, 0.15) is 12.5 Å². The van der Waals surface area contributed by atoms with Crippen LogP contribution in [0.4, 0.5) is 0 Å². The topological polar surface area (TPSA) is 28.7 Å². The first-order valence-corrected chi connectivity index (χ1v) is 4.72. The van der Waals surface area contributed by atoms with Crippen LogP contribution in [0.15, 0.2) is 22.9 Å². The lowest BCUT2D eigenvalue weighted by Crippen LogP contribution is -1.78. The van der Waals surface area contributed by atoms with Gasteiger partial charge in [0.2, 0.25) is 0 Å². The van der Waals surface area contributed by atoms with Crippen LogP contribution in [0, 0.1) is 0 Å². The third kappa shape index (κ3) is 1.14. The molecule has 3 heteroatoms. The van der Waals surface area contributed by atoms with Gasteiger partial charge >= 0.3 is 0 Å². The van der Waals surface area contributed by atoms with E-state index in [0.717, 1.165) is 16.5 Å². The van der Waals surface area contributed by atoms with Crippen molar-refractivity contribution in [2.75, 3.05) is 0 Å². The van der Waals surface area contributed by atoms with Gasteiger partial charge < -0.3 is 4.98 Å². The van der Waals surface area contributed by atoms with Crippen LogP contribution in [-0.2, 0) is 6.42 Å². The molecule has 0 aliphatic rings. The average molecular weight is 225 g/mol. The largest absolute Gasteiger partial charge is 0.346 e. The maximum atomic E-state index is 4.25. The SMILES string of the molecule is CCc1c[nH]c2ncc(Br)cc12. The van der Waals surface area contributed by atoms with E-state index >= 15 is 0 Å². The predicted octanol–water partition coefficient (Wildman–Crippen LogP) is 2.89. The second-order valence-corrected chi connectivity index (χ2v) is 3.63. The summed E-state index contributed by atoms with van der Waals surface area (Å²) >= 11 is 3.40.